The monoisotopic (exact) mass is 375 g/mol. The minimum absolute atomic E-state index is 0.0505. The summed E-state index contributed by atoms with van der Waals surface area (Å²) in [4.78, 5) is 38.1. The summed E-state index contributed by atoms with van der Waals surface area (Å²) < 4.78 is 0. The van der Waals surface area contributed by atoms with Crippen LogP contribution in [0, 0.1) is 12.8 Å². The van der Waals surface area contributed by atoms with Crippen molar-refractivity contribution in [2.45, 2.75) is 52.0 Å². The van der Waals surface area contributed by atoms with Crippen LogP contribution >= 0.6 is 0 Å². The fourth-order valence-electron chi connectivity index (χ4n) is 3.41. The molecule has 2 atom stereocenters. The number of nitrogens with zero attached hydrogens (tertiary/aromatic N) is 2. The highest BCUT2D eigenvalue weighted by molar-refractivity contribution is 5.97. The minimum atomic E-state index is -0.522. The largest absolute Gasteiger partial charge is 0.330 e. The van der Waals surface area contributed by atoms with Crippen molar-refractivity contribution in [3.05, 3.63) is 29.8 Å². The third kappa shape index (κ3) is 5.79. The topological polar surface area (TPSA) is 90.0 Å². The molecule has 3 amide bonds. The van der Waals surface area contributed by atoms with Gasteiger partial charge < -0.3 is 10.2 Å². The van der Waals surface area contributed by atoms with E-state index in [0.29, 0.717) is 36.5 Å². The summed E-state index contributed by atoms with van der Waals surface area (Å²) in [7, 11) is 0. The Balaban J connectivity index is 2.06. The Kier molecular flexibility index (Phi) is 7.79. The van der Waals surface area contributed by atoms with Crippen LogP contribution in [0.2, 0.25) is 0 Å². The highest BCUT2D eigenvalue weighted by atomic mass is 16.5. The maximum absolute atomic E-state index is 13.0. The standard InChI is InChI=1S/C20H29N3O4/c1-3-4-6-16(13-22(27)14-24)20(26)23-12-5-7-18(23)19(25)21-17-10-8-15(2)9-11-17/h8-11,14,16,18,27H,3-7,12-13H2,1-2H3,(H,21,25)/t16-,18+/m1/s1. The Morgan fingerprint density at radius 1 is 1.37 bits per heavy atom. The molecule has 0 bridgehead atoms. The SMILES string of the molecule is CCCC[C@H](CN(O)C=O)C(=O)N1CCC[C@H]1C(=O)Nc1ccc(C)cc1. The van der Waals surface area contributed by atoms with Gasteiger partial charge in [0.1, 0.15) is 6.04 Å². The first kappa shape index (κ1) is 20.9. The number of anilines is 1. The molecule has 0 unspecified atom stereocenters. The Labute approximate surface area is 160 Å². The van der Waals surface area contributed by atoms with Crippen LogP contribution in [-0.2, 0) is 14.4 Å². The molecule has 1 fully saturated rings. The Hall–Kier alpha value is -2.41. The van der Waals surface area contributed by atoms with Gasteiger partial charge in [0.15, 0.2) is 0 Å². The number of hydrogen-bond acceptors (Lipinski definition) is 4. The molecule has 7 heteroatoms. The first-order valence-electron chi connectivity index (χ1n) is 9.55. The van der Waals surface area contributed by atoms with E-state index in [4.69, 9.17) is 0 Å². The van der Waals surface area contributed by atoms with Gasteiger partial charge in [0.2, 0.25) is 18.2 Å². The van der Waals surface area contributed by atoms with Crippen LogP contribution in [0.15, 0.2) is 24.3 Å². The number of rotatable bonds is 9. The van der Waals surface area contributed by atoms with E-state index in [1.165, 1.54) is 0 Å². The summed E-state index contributed by atoms with van der Waals surface area (Å²) in [6.45, 7) is 4.46. The number of unbranched alkanes of at least 4 members (excludes halogenated alkanes) is 1. The van der Waals surface area contributed by atoms with E-state index in [-0.39, 0.29) is 18.4 Å². The van der Waals surface area contributed by atoms with Gasteiger partial charge in [-0.3, -0.25) is 19.6 Å². The van der Waals surface area contributed by atoms with Crippen molar-refractivity contribution in [2.75, 3.05) is 18.4 Å². The van der Waals surface area contributed by atoms with Crippen LogP contribution in [0.4, 0.5) is 5.69 Å². The molecule has 7 nitrogen and oxygen atoms in total. The van der Waals surface area contributed by atoms with Gasteiger partial charge in [0.25, 0.3) is 0 Å². The zero-order chi connectivity index (χ0) is 19.8. The number of amides is 3. The van der Waals surface area contributed by atoms with Gasteiger partial charge in [-0.25, -0.2) is 5.06 Å². The third-order valence-electron chi connectivity index (χ3n) is 4.94. The number of nitrogens with one attached hydrogen (secondary N) is 1. The molecule has 0 radical (unpaired) electrons. The van der Waals surface area contributed by atoms with Gasteiger partial charge in [-0.1, -0.05) is 37.5 Å². The van der Waals surface area contributed by atoms with Crippen molar-refractivity contribution < 1.29 is 19.6 Å². The summed E-state index contributed by atoms with van der Waals surface area (Å²) >= 11 is 0. The fourth-order valence-corrected chi connectivity index (χ4v) is 3.41. The van der Waals surface area contributed by atoms with Crippen LogP contribution in [0.25, 0.3) is 0 Å². The van der Waals surface area contributed by atoms with E-state index < -0.39 is 12.0 Å². The lowest BCUT2D eigenvalue weighted by molar-refractivity contribution is -0.157. The molecule has 1 aromatic rings. The van der Waals surface area contributed by atoms with Crippen molar-refractivity contribution in [1.82, 2.24) is 9.96 Å². The molecule has 1 aromatic carbocycles. The van der Waals surface area contributed by atoms with Crippen LogP contribution in [-0.4, -0.2) is 52.5 Å². The molecule has 1 saturated heterocycles. The lowest BCUT2D eigenvalue weighted by Crippen LogP contribution is -2.47. The predicted molar refractivity (Wildman–Crippen MR) is 102 cm³/mol. The average molecular weight is 375 g/mol. The van der Waals surface area contributed by atoms with Crippen molar-refractivity contribution in [2.24, 2.45) is 5.92 Å². The second-order valence-electron chi connectivity index (χ2n) is 7.11. The predicted octanol–water partition coefficient (Wildman–Crippen LogP) is 2.58. The molecule has 1 heterocycles. The first-order chi connectivity index (χ1) is 13.0. The quantitative estimate of drug-likeness (QED) is 0.394. The van der Waals surface area contributed by atoms with E-state index in [9.17, 15) is 19.6 Å². The molecule has 27 heavy (non-hydrogen) atoms. The van der Waals surface area contributed by atoms with E-state index in [2.05, 4.69) is 5.32 Å². The fraction of sp³-hybridized carbons (Fsp3) is 0.550. The van der Waals surface area contributed by atoms with Gasteiger partial charge in [-0.2, -0.15) is 0 Å². The van der Waals surface area contributed by atoms with E-state index >= 15 is 0 Å². The number of carbonyl (C=O) groups excluding carboxylic acids is 3. The normalized spacial score (nSPS) is 17.4. The van der Waals surface area contributed by atoms with Crippen molar-refractivity contribution in [3.63, 3.8) is 0 Å². The number of benzene rings is 1. The van der Waals surface area contributed by atoms with Gasteiger partial charge in [-0.15, -0.1) is 0 Å². The van der Waals surface area contributed by atoms with Crippen molar-refractivity contribution in [1.29, 1.82) is 0 Å². The summed E-state index contributed by atoms with van der Waals surface area (Å²) in [5, 5.41) is 12.9. The lowest BCUT2D eigenvalue weighted by atomic mass is 9.99. The van der Waals surface area contributed by atoms with E-state index in [1.54, 1.807) is 4.90 Å². The van der Waals surface area contributed by atoms with E-state index in [1.807, 2.05) is 38.1 Å². The number of likely N-dealkylation sites (tertiary alicyclic amines) is 1. The Morgan fingerprint density at radius 2 is 2.07 bits per heavy atom. The maximum Gasteiger partial charge on any atom is 0.247 e. The number of carbonyl (C=O) groups is 3. The number of hydrogen-bond donors (Lipinski definition) is 2. The lowest BCUT2D eigenvalue weighted by Gasteiger charge is -2.29. The zero-order valence-electron chi connectivity index (χ0n) is 16.1. The van der Waals surface area contributed by atoms with Crippen molar-refractivity contribution >= 4 is 23.9 Å². The molecule has 2 rings (SSSR count). The highest BCUT2D eigenvalue weighted by Gasteiger charge is 2.37. The van der Waals surface area contributed by atoms with Crippen LogP contribution in [0.5, 0.6) is 0 Å². The average Bonchev–Trinajstić information content (AvgIpc) is 3.16. The molecule has 0 aliphatic carbocycles. The van der Waals surface area contributed by atoms with Crippen LogP contribution < -0.4 is 5.32 Å². The summed E-state index contributed by atoms with van der Waals surface area (Å²) in [6, 6.07) is 7.00. The van der Waals surface area contributed by atoms with Crippen LogP contribution in [0.3, 0.4) is 0 Å². The molecule has 1 aliphatic rings. The molecule has 0 saturated carbocycles. The summed E-state index contributed by atoms with van der Waals surface area (Å²) in [5.41, 5.74) is 1.81. The Morgan fingerprint density at radius 3 is 2.70 bits per heavy atom. The minimum Gasteiger partial charge on any atom is -0.330 e. The second-order valence-corrected chi connectivity index (χ2v) is 7.11. The summed E-state index contributed by atoms with van der Waals surface area (Å²) in [5.74, 6) is -0.881. The maximum atomic E-state index is 13.0. The zero-order valence-corrected chi connectivity index (χ0v) is 16.1. The smallest absolute Gasteiger partial charge is 0.247 e. The van der Waals surface area contributed by atoms with Crippen molar-refractivity contribution in [3.8, 4) is 0 Å². The number of hydroxylamine groups is 2. The third-order valence-corrected chi connectivity index (χ3v) is 4.94. The van der Waals surface area contributed by atoms with Gasteiger partial charge in [-0.05, 0) is 38.3 Å². The molecular formula is C20H29N3O4. The second kappa shape index (κ2) is 10.1. The summed E-state index contributed by atoms with van der Waals surface area (Å²) in [6.07, 6.45) is 3.97. The van der Waals surface area contributed by atoms with Crippen LogP contribution in [0.1, 0.15) is 44.6 Å². The van der Waals surface area contributed by atoms with Gasteiger partial charge >= 0.3 is 0 Å². The Bertz CT molecular complexity index is 647. The molecule has 0 aromatic heterocycles. The molecule has 148 valence electrons. The molecule has 0 spiro atoms. The molecule has 1 aliphatic heterocycles. The molecular weight excluding hydrogens is 346 g/mol. The van der Waals surface area contributed by atoms with Gasteiger partial charge in [0, 0.05) is 12.2 Å². The number of aryl methyl sites for hydroxylation is 1. The van der Waals surface area contributed by atoms with E-state index in [0.717, 1.165) is 24.8 Å². The highest BCUT2D eigenvalue weighted by Crippen LogP contribution is 2.24. The van der Waals surface area contributed by atoms with Gasteiger partial charge in [0.05, 0.1) is 12.5 Å². The first-order valence-corrected chi connectivity index (χ1v) is 9.55. The molecule has 2 N–H and O–H groups in total.